The molecule has 0 spiro atoms. The number of rotatable bonds is 5. The van der Waals surface area contributed by atoms with E-state index in [9.17, 15) is 9.59 Å². The number of methoxy groups -OCH3 is 1. The summed E-state index contributed by atoms with van der Waals surface area (Å²) >= 11 is 0. The molecule has 0 radical (unpaired) electrons. The molecular formula is C14H17NO4. The van der Waals surface area contributed by atoms with Crippen LogP contribution in [-0.4, -0.2) is 24.7 Å². The third-order valence-electron chi connectivity index (χ3n) is 2.59. The number of esters is 1. The highest BCUT2D eigenvalue weighted by Gasteiger charge is 2.33. The van der Waals surface area contributed by atoms with E-state index in [1.807, 2.05) is 30.3 Å². The van der Waals surface area contributed by atoms with E-state index in [1.165, 1.54) is 20.1 Å². The smallest absolute Gasteiger partial charge is 0.408 e. The molecule has 0 aromatic heterocycles. The van der Waals surface area contributed by atoms with Gasteiger partial charge in [-0.15, -0.1) is 6.58 Å². The van der Waals surface area contributed by atoms with Crippen LogP contribution in [0.1, 0.15) is 12.5 Å². The molecule has 0 fully saturated rings. The quantitative estimate of drug-likeness (QED) is 0.652. The summed E-state index contributed by atoms with van der Waals surface area (Å²) in [6.07, 6.45) is 0.583. The average Bonchev–Trinajstić information content (AvgIpc) is 2.45. The van der Waals surface area contributed by atoms with Crippen molar-refractivity contribution in [2.45, 2.75) is 19.1 Å². The van der Waals surface area contributed by atoms with Gasteiger partial charge < -0.3 is 14.8 Å². The first-order chi connectivity index (χ1) is 9.01. The van der Waals surface area contributed by atoms with Gasteiger partial charge in [-0.3, -0.25) is 0 Å². The van der Waals surface area contributed by atoms with Gasteiger partial charge >= 0.3 is 12.1 Å². The number of hydrogen-bond acceptors (Lipinski definition) is 4. The Morgan fingerprint density at radius 3 is 2.53 bits per heavy atom. The molecular weight excluding hydrogens is 246 g/mol. The van der Waals surface area contributed by atoms with Gasteiger partial charge in [0.05, 0.1) is 7.11 Å². The van der Waals surface area contributed by atoms with E-state index in [-0.39, 0.29) is 6.61 Å². The van der Waals surface area contributed by atoms with E-state index >= 15 is 0 Å². The standard InChI is InChI=1S/C14H17NO4/c1-4-14(2,12(16)18-3)15-13(17)19-10-11-8-6-5-7-9-11/h4-9H,1,10H2,2-3H3,(H,15,17)/t14-/m0/s1. The highest BCUT2D eigenvalue weighted by atomic mass is 16.6. The summed E-state index contributed by atoms with van der Waals surface area (Å²) in [6, 6.07) is 9.23. The molecule has 1 aromatic carbocycles. The van der Waals surface area contributed by atoms with Gasteiger partial charge in [-0.25, -0.2) is 9.59 Å². The van der Waals surface area contributed by atoms with Crippen LogP contribution in [0.5, 0.6) is 0 Å². The van der Waals surface area contributed by atoms with Crippen molar-refractivity contribution in [2.75, 3.05) is 7.11 Å². The van der Waals surface area contributed by atoms with E-state index in [2.05, 4.69) is 16.6 Å². The lowest BCUT2D eigenvalue weighted by Gasteiger charge is -2.23. The third kappa shape index (κ3) is 4.13. The van der Waals surface area contributed by atoms with Crippen molar-refractivity contribution in [1.29, 1.82) is 0 Å². The number of carbonyl (C=O) groups excluding carboxylic acids is 2. The Balaban J connectivity index is 2.55. The number of ether oxygens (including phenoxy) is 2. The largest absolute Gasteiger partial charge is 0.467 e. The second-order valence-corrected chi connectivity index (χ2v) is 4.08. The van der Waals surface area contributed by atoms with Gasteiger partial charge in [-0.05, 0) is 12.5 Å². The predicted molar refractivity (Wildman–Crippen MR) is 70.4 cm³/mol. The van der Waals surface area contributed by atoms with Gasteiger partial charge in [-0.2, -0.15) is 0 Å². The lowest BCUT2D eigenvalue weighted by molar-refractivity contribution is -0.145. The van der Waals surface area contributed by atoms with Crippen molar-refractivity contribution in [2.24, 2.45) is 0 Å². The first kappa shape index (κ1) is 14.8. The van der Waals surface area contributed by atoms with Gasteiger partial charge in [0.1, 0.15) is 6.61 Å². The van der Waals surface area contributed by atoms with Crippen LogP contribution in [0.25, 0.3) is 0 Å². The molecule has 0 saturated heterocycles. The first-order valence-electron chi connectivity index (χ1n) is 5.72. The van der Waals surface area contributed by atoms with Gasteiger partial charge in [-0.1, -0.05) is 36.4 Å². The lowest BCUT2D eigenvalue weighted by Crippen LogP contribution is -2.51. The van der Waals surface area contributed by atoms with Crippen LogP contribution in [-0.2, 0) is 20.9 Å². The lowest BCUT2D eigenvalue weighted by atomic mass is 10.0. The van der Waals surface area contributed by atoms with Crippen molar-refractivity contribution >= 4 is 12.1 Å². The molecule has 1 rings (SSSR count). The molecule has 0 heterocycles. The molecule has 0 bridgehead atoms. The van der Waals surface area contributed by atoms with Crippen LogP contribution in [0, 0.1) is 0 Å². The van der Waals surface area contributed by atoms with Crippen molar-refractivity contribution in [1.82, 2.24) is 5.32 Å². The first-order valence-corrected chi connectivity index (χ1v) is 5.72. The molecule has 0 unspecified atom stereocenters. The van der Waals surface area contributed by atoms with Crippen LogP contribution in [0.15, 0.2) is 43.0 Å². The summed E-state index contributed by atoms with van der Waals surface area (Å²) in [7, 11) is 1.24. The highest BCUT2D eigenvalue weighted by Crippen LogP contribution is 2.08. The number of amides is 1. The molecule has 1 amide bonds. The minimum absolute atomic E-state index is 0.126. The summed E-state index contributed by atoms with van der Waals surface area (Å²) < 4.78 is 9.60. The average molecular weight is 263 g/mol. The predicted octanol–water partition coefficient (Wildman–Crippen LogP) is 2.03. The molecule has 0 aliphatic heterocycles. The van der Waals surface area contributed by atoms with E-state index in [0.29, 0.717) is 0 Å². The fraction of sp³-hybridized carbons (Fsp3) is 0.286. The minimum atomic E-state index is -1.30. The normalized spacial score (nSPS) is 12.9. The summed E-state index contributed by atoms with van der Waals surface area (Å²) in [5.41, 5.74) is -0.446. The summed E-state index contributed by atoms with van der Waals surface area (Å²) in [4.78, 5) is 23.1. The van der Waals surface area contributed by atoms with Crippen molar-refractivity contribution in [3.05, 3.63) is 48.6 Å². The molecule has 0 aliphatic rings. The molecule has 0 aliphatic carbocycles. The molecule has 1 atom stereocenters. The zero-order valence-corrected chi connectivity index (χ0v) is 11.0. The molecule has 5 nitrogen and oxygen atoms in total. The number of alkyl carbamates (subject to hydrolysis) is 1. The Morgan fingerprint density at radius 2 is 2.00 bits per heavy atom. The SMILES string of the molecule is C=C[C@](C)(NC(=O)OCc1ccccc1)C(=O)OC. The monoisotopic (exact) mass is 263 g/mol. The van der Waals surface area contributed by atoms with Crippen molar-refractivity contribution < 1.29 is 19.1 Å². The van der Waals surface area contributed by atoms with E-state index in [0.717, 1.165) is 5.56 Å². The molecule has 1 aromatic rings. The second kappa shape index (κ2) is 6.58. The number of benzene rings is 1. The highest BCUT2D eigenvalue weighted by molar-refractivity contribution is 5.87. The van der Waals surface area contributed by atoms with Gasteiger partial charge in [0.15, 0.2) is 5.54 Å². The third-order valence-corrected chi connectivity index (χ3v) is 2.59. The van der Waals surface area contributed by atoms with Gasteiger partial charge in [0, 0.05) is 0 Å². The maximum Gasteiger partial charge on any atom is 0.408 e. The van der Waals surface area contributed by atoms with E-state index < -0.39 is 17.6 Å². The van der Waals surface area contributed by atoms with Gasteiger partial charge in [0.25, 0.3) is 0 Å². The number of carbonyl (C=O) groups is 2. The Hall–Kier alpha value is -2.30. The maximum atomic E-state index is 11.6. The molecule has 19 heavy (non-hydrogen) atoms. The Kier molecular flexibility index (Phi) is 5.11. The van der Waals surface area contributed by atoms with Crippen molar-refractivity contribution in [3.8, 4) is 0 Å². The molecule has 1 N–H and O–H groups in total. The molecule has 5 heteroatoms. The van der Waals surface area contributed by atoms with E-state index in [4.69, 9.17) is 4.74 Å². The van der Waals surface area contributed by atoms with Gasteiger partial charge in [0.2, 0.25) is 0 Å². The summed E-state index contributed by atoms with van der Waals surface area (Å²) in [6.45, 7) is 5.11. The fourth-order valence-corrected chi connectivity index (χ4v) is 1.37. The number of nitrogens with one attached hydrogen (secondary N) is 1. The summed E-state index contributed by atoms with van der Waals surface area (Å²) in [5, 5.41) is 2.41. The topological polar surface area (TPSA) is 64.6 Å². The van der Waals surface area contributed by atoms with E-state index in [1.54, 1.807) is 0 Å². The van der Waals surface area contributed by atoms with Crippen LogP contribution in [0.2, 0.25) is 0 Å². The molecule has 102 valence electrons. The second-order valence-electron chi connectivity index (χ2n) is 4.08. The summed E-state index contributed by atoms with van der Waals surface area (Å²) in [5.74, 6) is -0.612. The zero-order chi connectivity index (χ0) is 14.3. The van der Waals surface area contributed by atoms with Crippen LogP contribution in [0.4, 0.5) is 4.79 Å². The number of hydrogen-bond donors (Lipinski definition) is 1. The van der Waals surface area contributed by atoms with Crippen LogP contribution < -0.4 is 5.32 Å². The fourth-order valence-electron chi connectivity index (χ4n) is 1.37. The molecule has 0 saturated carbocycles. The minimum Gasteiger partial charge on any atom is -0.467 e. The zero-order valence-electron chi connectivity index (χ0n) is 11.0. The Labute approximate surface area is 112 Å². The maximum absolute atomic E-state index is 11.6. The van der Waals surface area contributed by atoms with Crippen LogP contribution >= 0.6 is 0 Å². The Morgan fingerprint density at radius 1 is 1.37 bits per heavy atom. The van der Waals surface area contributed by atoms with Crippen molar-refractivity contribution in [3.63, 3.8) is 0 Å². The Bertz CT molecular complexity index is 458. The van der Waals surface area contributed by atoms with Crippen LogP contribution in [0.3, 0.4) is 0 Å².